The monoisotopic (exact) mass is 315 g/mol. The predicted octanol–water partition coefficient (Wildman–Crippen LogP) is 4.05. The molecule has 0 aliphatic heterocycles. The molecular weight excluding hydrogens is 286 g/mol. The van der Waals surface area contributed by atoms with E-state index in [1.165, 1.54) is 0 Å². The lowest BCUT2D eigenvalue weighted by atomic mass is 9.83. The van der Waals surface area contributed by atoms with Crippen LogP contribution >= 0.6 is 11.6 Å². The summed E-state index contributed by atoms with van der Waals surface area (Å²) in [5, 5.41) is 8.69. The predicted molar refractivity (Wildman–Crippen MR) is 88.8 cm³/mol. The molecule has 1 aromatic rings. The number of halogens is 1. The highest BCUT2D eigenvalue weighted by Gasteiger charge is 2.36. The van der Waals surface area contributed by atoms with E-state index in [0.29, 0.717) is 11.6 Å². The van der Waals surface area contributed by atoms with Gasteiger partial charge in [-0.2, -0.15) is 5.10 Å². The summed E-state index contributed by atoms with van der Waals surface area (Å²) in [6.45, 7) is 15.3. The first kappa shape index (κ1) is 18.5. The van der Waals surface area contributed by atoms with E-state index in [4.69, 9.17) is 16.3 Å². The van der Waals surface area contributed by atoms with Gasteiger partial charge in [-0.3, -0.25) is 4.68 Å². The Hall–Kier alpha value is -0.580. The van der Waals surface area contributed by atoms with E-state index >= 15 is 0 Å². The van der Waals surface area contributed by atoms with Crippen molar-refractivity contribution >= 4 is 11.6 Å². The molecule has 0 amide bonds. The topological polar surface area (TPSA) is 39.1 Å². The molecule has 0 saturated carbocycles. The largest absolute Gasteiger partial charge is 0.376 e. The van der Waals surface area contributed by atoms with Crippen molar-refractivity contribution in [2.24, 2.45) is 5.41 Å². The molecule has 2 atom stereocenters. The van der Waals surface area contributed by atoms with Crippen molar-refractivity contribution < 1.29 is 4.74 Å². The smallest absolute Gasteiger partial charge is 0.0835 e. The van der Waals surface area contributed by atoms with Crippen molar-refractivity contribution in [2.75, 3.05) is 13.2 Å². The summed E-state index contributed by atoms with van der Waals surface area (Å²) in [4.78, 5) is 0. The summed E-state index contributed by atoms with van der Waals surface area (Å²) in [7, 11) is 0. The van der Waals surface area contributed by atoms with Gasteiger partial charge in [-0.1, -0.05) is 39.3 Å². The van der Waals surface area contributed by atoms with Crippen molar-refractivity contribution in [3.63, 3.8) is 0 Å². The van der Waals surface area contributed by atoms with Crippen molar-refractivity contribution in [3.05, 3.63) is 16.9 Å². The number of rotatable bonds is 8. The maximum absolute atomic E-state index is 6.41. The maximum Gasteiger partial charge on any atom is 0.0835 e. The zero-order valence-corrected chi connectivity index (χ0v) is 15.0. The summed E-state index contributed by atoms with van der Waals surface area (Å²) in [6.07, 6.45) is 2.83. The van der Waals surface area contributed by atoms with Crippen molar-refractivity contribution in [3.8, 4) is 0 Å². The van der Waals surface area contributed by atoms with Crippen LogP contribution in [0.15, 0.2) is 6.20 Å². The average molecular weight is 316 g/mol. The first-order valence-corrected chi connectivity index (χ1v) is 8.30. The minimum Gasteiger partial charge on any atom is -0.376 e. The summed E-state index contributed by atoms with van der Waals surface area (Å²) in [5.74, 6) is 0. The first-order chi connectivity index (χ1) is 9.86. The van der Waals surface area contributed by atoms with Gasteiger partial charge in [-0.05, 0) is 32.2 Å². The molecule has 0 aromatic carbocycles. The van der Waals surface area contributed by atoms with E-state index in [1.54, 1.807) is 6.20 Å². The molecule has 1 rings (SSSR count). The molecule has 0 bridgehead atoms. The number of nitrogens with zero attached hydrogens (tertiary/aromatic N) is 2. The molecule has 1 heterocycles. The minimum atomic E-state index is 0.00753. The molecule has 2 unspecified atom stereocenters. The molecule has 4 nitrogen and oxygen atoms in total. The van der Waals surface area contributed by atoms with Crippen LogP contribution in [-0.2, 0) is 11.3 Å². The van der Waals surface area contributed by atoms with E-state index in [9.17, 15) is 0 Å². The second-order valence-electron chi connectivity index (χ2n) is 6.37. The SMILES string of the molecule is CCCNC(c1c(Cl)cnn1CC)C(OCC)C(C)(C)C. The normalized spacial score (nSPS) is 15.2. The van der Waals surface area contributed by atoms with Gasteiger partial charge in [0.25, 0.3) is 0 Å². The van der Waals surface area contributed by atoms with Gasteiger partial charge in [-0.25, -0.2) is 0 Å². The molecule has 5 heteroatoms. The molecule has 0 fully saturated rings. The van der Waals surface area contributed by atoms with Crippen molar-refractivity contribution in [1.29, 1.82) is 0 Å². The lowest BCUT2D eigenvalue weighted by molar-refractivity contribution is -0.0383. The van der Waals surface area contributed by atoms with Crippen LogP contribution in [0.25, 0.3) is 0 Å². The van der Waals surface area contributed by atoms with Gasteiger partial charge in [0.1, 0.15) is 0 Å². The molecule has 0 aliphatic rings. The number of hydrogen-bond donors (Lipinski definition) is 1. The Labute approximate surface area is 134 Å². The van der Waals surface area contributed by atoms with Crippen LogP contribution in [-0.4, -0.2) is 29.0 Å². The van der Waals surface area contributed by atoms with Crippen molar-refractivity contribution in [2.45, 2.75) is 66.7 Å². The fourth-order valence-corrected chi connectivity index (χ4v) is 2.86. The van der Waals surface area contributed by atoms with Gasteiger partial charge in [0.15, 0.2) is 0 Å². The summed E-state index contributed by atoms with van der Waals surface area (Å²) < 4.78 is 8.05. The summed E-state index contributed by atoms with van der Waals surface area (Å²) in [6, 6.07) is 0.0415. The highest BCUT2D eigenvalue weighted by atomic mass is 35.5. The van der Waals surface area contributed by atoms with Crippen LogP contribution in [0.2, 0.25) is 5.02 Å². The zero-order valence-electron chi connectivity index (χ0n) is 14.2. The number of aromatic nitrogens is 2. The highest BCUT2D eigenvalue weighted by molar-refractivity contribution is 6.31. The van der Waals surface area contributed by atoms with Gasteiger partial charge in [0.05, 0.1) is 29.1 Å². The molecule has 0 spiro atoms. The van der Waals surface area contributed by atoms with E-state index in [2.05, 4.69) is 45.0 Å². The molecule has 0 aliphatic carbocycles. The Morgan fingerprint density at radius 3 is 2.48 bits per heavy atom. The molecular formula is C16H30ClN3O. The molecule has 0 saturated heterocycles. The van der Waals surface area contributed by atoms with Crippen LogP contribution < -0.4 is 5.32 Å². The number of nitrogens with one attached hydrogen (secondary N) is 1. The van der Waals surface area contributed by atoms with Gasteiger partial charge in [-0.15, -0.1) is 0 Å². The van der Waals surface area contributed by atoms with E-state index in [0.717, 1.165) is 25.2 Å². The number of ether oxygens (including phenoxy) is 1. The number of hydrogen-bond acceptors (Lipinski definition) is 3. The van der Waals surface area contributed by atoms with Crippen LogP contribution in [0, 0.1) is 5.41 Å². The van der Waals surface area contributed by atoms with Crippen molar-refractivity contribution in [1.82, 2.24) is 15.1 Å². The van der Waals surface area contributed by atoms with Gasteiger partial charge in [0.2, 0.25) is 0 Å². The van der Waals surface area contributed by atoms with E-state index in [-0.39, 0.29) is 17.6 Å². The first-order valence-electron chi connectivity index (χ1n) is 7.92. The Morgan fingerprint density at radius 1 is 1.33 bits per heavy atom. The quantitative estimate of drug-likeness (QED) is 0.786. The third-order valence-electron chi connectivity index (χ3n) is 3.54. The molecule has 21 heavy (non-hydrogen) atoms. The summed E-state index contributed by atoms with van der Waals surface area (Å²) in [5.41, 5.74) is 1.04. The average Bonchev–Trinajstić information content (AvgIpc) is 2.78. The third-order valence-corrected chi connectivity index (χ3v) is 3.84. The Bertz CT molecular complexity index is 426. The van der Waals surface area contributed by atoms with Gasteiger partial charge < -0.3 is 10.1 Å². The lowest BCUT2D eigenvalue weighted by Gasteiger charge is -2.37. The summed E-state index contributed by atoms with van der Waals surface area (Å²) >= 11 is 6.41. The highest BCUT2D eigenvalue weighted by Crippen LogP contribution is 2.35. The van der Waals surface area contributed by atoms with Gasteiger partial charge in [0, 0.05) is 13.2 Å². The second kappa shape index (κ2) is 8.16. The second-order valence-corrected chi connectivity index (χ2v) is 6.77. The molecule has 122 valence electrons. The van der Waals surface area contributed by atoms with Crippen LogP contribution in [0.4, 0.5) is 0 Å². The standard InChI is InChI=1S/C16H30ClN3O/c1-7-10-18-13(15(21-9-3)16(4,5)6)14-12(17)11-19-20(14)8-2/h11,13,15,18H,7-10H2,1-6H3. The zero-order chi connectivity index (χ0) is 16.0. The lowest BCUT2D eigenvalue weighted by Crippen LogP contribution is -2.43. The van der Waals surface area contributed by atoms with Crippen LogP contribution in [0.5, 0.6) is 0 Å². The Balaban J connectivity index is 3.22. The maximum atomic E-state index is 6.41. The fraction of sp³-hybridized carbons (Fsp3) is 0.812. The minimum absolute atomic E-state index is 0.00753. The Morgan fingerprint density at radius 2 is 2.00 bits per heavy atom. The molecule has 0 radical (unpaired) electrons. The van der Waals surface area contributed by atoms with Crippen LogP contribution in [0.3, 0.4) is 0 Å². The fourth-order valence-electron chi connectivity index (χ4n) is 2.61. The molecule has 1 N–H and O–H groups in total. The number of aryl methyl sites for hydroxylation is 1. The van der Waals surface area contributed by atoms with E-state index < -0.39 is 0 Å². The van der Waals surface area contributed by atoms with Gasteiger partial charge >= 0.3 is 0 Å². The Kier molecular flexibility index (Phi) is 7.17. The third kappa shape index (κ3) is 4.70. The van der Waals surface area contributed by atoms with E-state index in [1.807, 2.05) is 11.6 Å². The molecule has 1 aromatic heterocycles. The van der Waals surface area contributed by atoms with Crippen LogP contribution in [0.1, 0.15) is 59.7 Å².